The Morgan fingerprint density at radius 1 is 1.19 bits per heavy atom. The Morgan fingerprint density at radius 2 is 1.86 bits per heavy atom. The lowest BCUT2D eigenvalue weighted by Gasteiger charge is -2.45. The number of methoxy groups -OCH3 is 1. The number of rotatable bonds is 7. The molecule has 2 aliphatic rings. The summed E-state index contributed by atoms with van der Waals surface area (Å²) < 4.78 is 45.4. The summed E-state index contributed by atoms with van der Waals surface area (Å²) in [7, 11) is 1.33. The van der Waals surface area contributed by atoms with Gasteiger partial charge in [-0.3, -0.25) is 9.59 Å². The minimum absolute atomic E-state index is 0.0949. The SMILES string of the molecule is CO[C@@H](C(=O)NC1CCc2ccccc2N(Cc2cc(F)cc(F)c2)C1=O)[C@@H]1OC(C)(C)O[C@H](/C=C/C(C)(C)C)[C@@H]1O. The number of aryl methyl sites for hydroxylation is 1. The molecule has 4 rings (SSSR count). The Kier molecular flexibility index (Phi) is 9.52. The van der Waals surface area contributed by atoms with Crippen molar-refractivity contribution in [1.29, 1.82) is 0 Å². The van der Waals surface area contributed by atoms with E-state index in [4.69, 9.17) is 14.2 Å². The normalized spacial score (nSPS) is 25.2. The number of benzene rings is 2. The van der Waals surface area contributed by atoms with E-state index >= 15 is 0 Å². The van der Waals surface area contributed by atoms with Crippen LogP contribution in [-0.4, -0.2) is 60.3 Å². The van der Waals surface area contributed by atoms with Crippen LogP contribution in [0.15, 0.2) is 54.6 Å². The number of hydrogen-bond acceptors (Lipinski definition) is 6. The molecule has 1 unspecified atom stereocenters. The van der Waals surface area contributed by atoms with Gasteiger partial charge in [-0.1, -0.05) is 51.1 Å². The number of anilines is 1. The van der Waals surface area contributed by atoms with E-state index in [1.54, 1.807) is 32.1 Å². The predicted molar refractivity (Wildman–Crippen MR) is 153 cm³/mol. The summed E-state index contributed by atoms with van der Waals surface area (Å²) >= 11 is 0. The number of nitrogens with one attached hydrogen (secondary N) is 1. The van der Waals surface area contributed by atoms with Crippen LogP contribution < -0.4 is 10.2 Å². The molecule has 2 amide bonds. The molecule has 0 spiro atoms. The molecule has 1 saturated heterocycles. The maximum Gasteiger partial charge on any atom is 0.252 e. The van der Waals surface area contributed by atoms with Crippen LogP contribution in [0.1, 0.15) is 52.2 Å². The Labute approximate surface area is 245 Å². The van der Waals surface area contributed by atoms with Crippen molar-refractivity contribution in [3.63, 3.8) is 0 Å². The Balaban J connectivity index is 1.58. The van der Waals surface area contributed by atoms with Crippen molar-refractivity contribution in [3.05, 3.63) is 77.4 Å². The van der Waals surface area contributed by atoms with Gasteiger partial charge in [0, 0.05) is 18.9 Å². The molecule has 2 N–H and O–H groups in total. The number of ether oxygens (including phenoxy) is 3. The van der Waals surface area contributed by atoms with Gasteiger partial charge in [-0.25, -0.2) is 8.78 Å². The summed E-state index contributed by atoms with van der Waals surface area (Å²) in [4.78, 5) is 29.0. The van der Waals surface area contributed by atoms with E-state index in [1.165, 1.54) is 24.1 Å². The van der Waals surface area contributed by atoms with Gasteiger partial charge in [-0.15, -0.1) is 0 Å². The van der Waals surface area contributed by atoms with Gasteiger partial charge in [0.2, 0.25) is 5.91 Å². The van der Waals surface area contributed by atoms with Crippen molar-refractivity contribution >= 4 is 17.5 Å². The van der Waals surface area contributed by atoms with E-state index in [2.05, 4.69) is 5.32 Å². The van der Waals surface area contributed by atoms with Gasteiger partial charge in [-0.05, 0) is 61.4 Å². The number of allylic oxidation sites excluding steroid dienone is 1. The van der Waals surface area contributed by atoms with Gasteiger partial charge in [0.1, 0.15) is 36.0 Å². The summed E-state index contributed by atoms with van der Waals surface area (Å²) in [5.41, 5.74) is 1.57. The van der Waals surface area contributed by atoms with Crippen molar-refractivity contribution in [2.75, 3.05) is 12.0 Å². The minimum Gasteiger partial charge on any atom is -0.387 e. The molecule has 0 aromatic heterocycles. The first-order valence-electron chi connectivity index (χ1n) is 14.1. The second kappa shape index (κ2) is 12.6. The predicted octanol–water partition coefficient (Wildman–Crippen LogP) is 4.43. The van der Waals surface area contributed by atoms with E-state index in [-0.39, 0.29) is 23.9 Å². The van der Waals surface area contributed by atoms with Crippen LogP contribution >= 0.6 is 0 Å². The third-order valence-electron chi connectivity index (χ3n) is 7.24. The highest BCUT2D eigenvalue weighted by molar-refractivity contribution is 6.00. The van der Waals surface area contributed by atoms with Gasteiger partial charge in [0.25, 0.3) is 5.91 Å². The van der Waals surface area contributed by atoms with E-state index in [9.17, 15) is 23.5 Å². The topological polar surface area (TPSA) is 97.3 Å². The fourth-order valence-electron chi connectivity index (χ4n) is 5.33. The summed E-state index contributed by atoms with van der Waals surface area (Å²) in [5, 5.41) is 14.0. The summed E-state index contributed by atoms with van der Waals surface area (Å²) in [6.45, 7) is 9.32. The van der Waals surface area contributed by atoms with Gasteiger partial charge in [-0.2, -0.15) is 0 Å². The molecule has 2 aliphatic heterocycles. The molecule has 1 fully saturated rings. The molecule has 228 valence electrons. The lowest BCUT2D eigenvalue weighted by Crippen LogP contribution is -2.62. The zero-order valence-electron chi connectivity index (χ0n) is 24.9. The van der Waals surface area contributed by atoms with Crippen LogP contribution in [0.2, 0.25) is 0 Å². The van der Waals surface area contributed by atoms with Gasteiger partial charge in [0.05, 0.1) is 6.54 Å². The molecule has 8 nitrogen and oxygen atoms in total. The number of carbonyl (C=O) groups is 2. The number of amides is 2. The number of hydrogen-bond donors (Lipinski definition) is 2. The summed E-state index contributed by atoms with van der Waals surface area (Å²) in [6, 6.07) is 9.42. The zero-order chi connectivity index (χ0) is 30.8. The van der Waals surface area contributed by atoms with E-state index < -0.39 is 59.7 Å². The van der Waals surface area contributed by atoms with Gasteiger partial charge >= 0.3 is 0 Å². The monoisotopic (exact) mass is 586 g/mol. The standard InChI is InChI=1S/C32H40F2N2O6/c1-31(2,3)14-13-25-26(37)27(42-32(4,5)41-25)28(40-6)29(38)35-23-12-11-20-9-7-8-10-24(20)36(30(23)39)18-19-15-21(33)17-22(34)16-19/h7-10,13-17,23,25-28,37H,11-12,18H2,1-6H3,(H,35,38)/b14-13+/t23?,25-,26+,27-,28-/m1/s1. The van der Waals surface area contributed by atoms with Crippen LogP contribution in [0.3, 0.4) is 0 Å². The first kappa shape index (κ1) is 31.7. The molecule has 0 saturated carbocycles. The molecule has 2 heterocycles. The van der Waals surface area contributed by atoms with Crippen molar-refractivity contribution < 1.29 is 37.7 Å². The first-order chi connectivity index (χ1) is 19.7. The smallest absolute Gasteiger partial charge is 0.252 e. The number of fused-ring (bicyclic) bond motifs is 1. The third-order valence-corrected chi connectivity index (χ3v) is 7.24. The molecule has 2 aromatic carbocycles. The van der Waals surface area contributed by atoms with Crippen molar-refractivity contribution in [1.82, 2.24) is 5.32 Å². The summed E-state index contributed by atoms with van der Waals surface area (Å²) in [5.74, 6) is -3.71. The quantitative estimate of drug-likeness (QED) is 0.466. The van der Waals surface area contributed by atoms with Crippen LogP contribution in [0.5, 0.6) is 0 Å². The number of aliphatic hydroxyl groups excluding tert-OH is 1. The highest BCUT2D eigenvalue weighted by Crippen LogP contribution is 2.32. The first-order valence-corrected chi connectivity index (χ1v) is 14.1. The third kappa shape index (κ3) is 7.60. The van der Waals surface area contributed by atoms with Gasteiger partial charge in [0.15, 0.2) is 11.9 Å². The molecule has 0 aliphatic carbocycles. The molecule has 2 aromatic rings. The number of nitrogens with zero attached hydrogens (tertiary/aromatic N) is 1. The number of halogens is 2. The Morgan fingerprint density at radius 3 is 2.50 bits per heavy atom. The molecule has 5 atom stereocenters. The maximum atomic E-state index is 14.0. The van der Waals surface area contributed by atoms with E-state index in [1.807, 2.05) is 39.0 Å². The molecule has 0 bridgehead atoms. The average molecular weight is 587 g/mol. The Hall–Kier alpha value is -3.18. The van der Waals surface area contributed by atoms with Crippen molar-refractivity contribution in [2.45, 2.75) is 90.2 Å². The maximum absolute atomic E-state index is 14.0. The zero-order valence-corrected chi connectivity index (χ0v) is 24.9. The highest BCUT2D eigenvalue weighted by Gasteiger charge is 2.48. The van der Waals surface area contributed by atoms with Crippen LogP contribution in [0, 0.1) is 17.0 Å². The fourth-order valence-corrected chi connectivity index (χ4v) is 5.33. The number of aliphatic hydroxyl groups is 1. The lowest BCUT2D eigenvalue weighted by atomic mass is 9.93. The largest absolute Gasteiger partial charge is 0.387 e. The fraction of sp³-hybridized carbons (Fsp3) is 0.500. The van der Waals surface area contributed by atoms with Crippen LogP contribution in [0.4, 0.5) is 14.5 Å². The molecule has 0 radical (unpaired) electrons. The van der Waals surface area contributed by atoms with E-state index in [0.717, 1.165) is 11.6 Å². The second-order valence-corrected chi connectivity index (χ2v) is 12.4. The number of para-hydroxylation sites is 1. The second-order valence-electron chi connectivity index (χ2n) is 12.4. The molecule has 42 heavy (non-hydrogen) atoms. The van der Waals surface area contributed by atoms with Crippen molar-refractivity contribution in [3.8, 4) is 0 Å². The average Bonchev–Trinajstić information content (AvgIpc) is 3.01. The summed E-state index contributed by atoms with van der Waals surface area (Å²) in [6.07, 6.45) is 0.0670. The van der Waals surface area contributed by atoms with Crippen LogP contribution in [-0.2, 0) is 36.8 Å². The highest BCUT2D eigenvalue weighted by atomic mass is 19.1. The van der Waals surface area contributed by atoms with Crippen LogP contribution in [0.25, 0.3) is 0 Å². The Bertz CT molecular complexity index is 1300. The number of carbonyl (C=O) groups excluding carboxylic acids is 2. The molecular formula is C32H40F2N2O6. The van der Waals surface area contributed by atoms with Gasteiger partial charge < -0.3 is 29.5 Å². The minimum atomic E-state index is -1.27. The molecular weight excluding hydrogens is 546 g/mol. The van der Waals surface area contributed by atoms with Crippen molar-refractivity contribution in [2.24, 2.45) is 5.41 Å². The lowest BCUT2D eigenvalue weighted by molar-refractivity contribution is -0.334. The van der Waals surface area contributed by atoms with E-state index in [0.29, 0.717) is 12.1 Å². The molecule has 10 heteroatoms.